The number of piperidine rings is 2. The number of aryl methyl sites for hydroxylation is 1. The van der Waals surface area contributed by atoms with Crippen molar-refractivity contribution in [2.45, 2.75) is 51.1 Å². The predicted octanol–water partition coefficient (Wildman–Crippen LogP) is 3.14. The van der Waals surface area contributed by atoms with Crippen LogP contribution in [0.1, 0.15) is 36.8 Å². The zero-order valence-electron chi connectivity index (χ0n) is 17.3. The van der Waals surface area contributed by atoms with Crippen molar-refractivity contribution in [3.63, 3.8) is 0 Å². The van der Waals surface area contributed by atoms with Crippen LogP contribution in [0, 0.1) is 6.92 Å². The lowest BCUT2D eigenvalue weighted by molar-refractivity contribution is -0.118. The predicted molar refractivity (Wildman–Crippen MR) is 113 cm³/mol. The van der Waals surface area contributed by atoms with E-state index in [9.17, 15) is 9.59 Å². The number of amides is 2. The summed E-state index contributed by atoms with van der Waals surface area (Å²) < 4.78 is 5.15. The number of hydrogen-bond acceptors (Lipinski definition) is 4. The fourth-order valence-corrected chi connectivity index (χ4v) is 4.97. The summed E-state index contributed by atoms with van der Waals surface area (Å²) in [6.07, 6.45) is 5.90. The van der Waals surface area contributed by atoms with Crippen LogP contribution in [0.15, 0.2) is 30.9 Å². The van der Waals surface area contributed by atoms with E-state index in [4.69, 9.17) is 4.74 Å². The van der Waals surface area contributed by atoms with Crippen molar-refractivity contribution in [1.29, 1.82) is 0 Å². The van der Waals surface area contributed by atoms with E-state index in [1.54, 1.807) is 11.0 Å². The van der Waals surface area contributed by atoms with Gasteiger partial charge < -0.3 is 19.4 Å². The number of rotatable bonds is 4. The standard InChI is InChI=1S/C23H31N3O3/c1-3-14-29-23(28)25-12-6-19(7-13-25)24-10-8-20(9-11-24)26-21-15-17(2)4-5-18(21)16-22(26)27/h3-5,15,19-20H,1,6-14,16H2,2H3. The van der Waals surface area contributed by atoms with E-state index in [1.165, 1.54) is 11.1 Å². The van der Waals surface area contributed by atoms with E-state index in [2.05, 4.69) is 41.5 Å². The molecule has 0 saturated carbocycles. The maximum atomic E-state index is 12.7. The van der Waals surface area contributed by atoms with Crippen LogP contribution in [0.4, 0.5) is 10.5 Å². The lowest BCUT2D eigenvalue weighted by atomic mass is 9.97. The van der Waals surface area contributed by atoms with Gasteiger partial charge in [0.2, 0.25) is 5.91 Å². The number of ether oxygens (including phenoxy) is 1. The SMILES string of the molecule is C=CCOC(=O)N1CCC(N2CCC(N3C(=O)Cc4ccc(C)cc43)CC2)CC1. The molecule has 2 amide bonds. The molecule has 6 nitrogen and oxygen atoms in total. The third kappa shape index (κ3) is 4.17. The second kappa shape index (κ2) is 8.57. The van der Waals surface area contributed by atoms with Crippen molar-refractivity contribution in [3.8, 4) is 0 Å². The van der Waals surface area contributed by atoms with Gasteiger partial charge in [0.25, 0.3) is 0 Å². The second-order valence-electron chi connectivity index (χ2n) is 8.42. The average Bonchev–Trinajstić information content (AvgIpc) is 3.07. The Morgan fingerprint density at radius 2 is 1.83 bits per heavy atom. The number of anilines is 1. The third-order valence-electron chi connectivity index (χ3n) is 6.54. The van der Waals surface area contributed by atoms with Gasteiger partial charge in [0.15, 0.2) is 0 Å². The van der Waals surface area contributed by atoms with Gasteiger partial charge >= 0.3 is 6.09 Å². The molecule has 4 rings (SSSR count). The Morgan fingerprint density at radius 3 is 2.52 bits per heavy atom. The van der Waals surface area contributed by atoms with E-state index in [0.29, 0.717) is 18.5 Å². The summed E-state index contributed by atoms with van der Waals surface area (Å²) in [6, 6.07) is 7.18. The second-order valence-corrected chi connectivity index (χ2v) is 8.42. The highest BCUT2D eigenvalue weighted by molar-refractivity contribution is 6.02. The third-order valence-corrected chi connectivity index (χ3v) is 6.54. The van der Waals surface area contributed by atoms with Crippen LogP contribution >= 0.6 is 0 Å². The zero-order valence-corrected chi connectivity index (χ0v) is 17.3. The van der Waals surface area contributed by atoms with E-state index < -0.39 is 0 Å². The van der Waals surface area contributed by atoms with Crippen LogP contribution in [-0.4, -0.2) is 66.7 Å². The molecule has 1 aromatic carbocycles. The topological polar surface area (TPSA) is 53.1 Å². The average molecular weight is 398 g/mol. The Morgan fingerprint density at radius 1 is 1.14 bits per heavy atom. The van der Waals surface area contributed by atoms with Gasteiger partial charge in [0, 0.05) is 44.0 Å². The molecule has 2 fully saturated rings. The molecule has 6 heteroatoms. The Labute approximate surface area is 173 Å². The molecule has 3 aliphatic rings. The maximum Gasteiger partial charge on any atom is 0.410 e. The van der Waals surface area contributed by atoms with Crippen molar-refractivity contribution in [2.24, 2.45) is 0 Å². The highest BCUT2D eigenvalue weighted by Crippen LogP contribution is 2.35. The number of hydrogen-bond donors (Lipinski definition) is 0. The maximum absolute atomic E-state index is 12.7. The van der Waals surface area contributed by atoms with Gasteiger partial charge in [-0.3, -0.25) is 4.79 Å². The van der Waals surface area contributed by atoms with Gasteiger partial charge in [-0.05, 0) is 49.8 Å². The first-order valence-corrected chi connectivity index (χ1v) is 10.7. The molecule has 0 aromatic heterocycles. The summed E-state index contributed by atoms with van der Waals surface area (Å²) in [4.78, 5) is 31.1. The molecule has 0 radical (unpaired) electrons. The minimum absolute atomic E-state index is 0.233. The van der Waals surface area contributed by atoms with Gasteiger partial charge in [-0.2, -0.15) is 0 Å². The highest BCUT2D eigenvalue weighted by Gasteiger charge is 2.36. The van der Waals surface area contributed by atoms with Crippen LogP contribution in [0.3, 0.4) is 0 Å². The molecule has 29 heavy (non-hydrogen) atoms. The molecule has 0 spiro atoms. The van der Waals surface area contributed by atoms with Crippen molar-refractivity contribution < 1.29 is 14.3 Å². The summed E-state index contributed by atoms with van der Waals surface area (Å²) in [5, 5.41) is 0. The van der Waals surface area contributed by atoms with Crippen LogP contribution in [0.5, 0.6) is 0 Å². The van der Waals surface area contributed by atoms with Gasteiger partial charge in [-0.1, -0.05) is 24.8 Å². The fraction of sp³-hybridized carbons (Fsp3) is 0.565. The van der Waals surface area contributed by atoms with Gasteiger partial charge in [-0.25, -0.2) is 4.79 Å². The smallest absolute Gasteiger partial charge is 0.410 e. The number of carbonyl (C=O) groups is 2. The van der Waals surface area contributed by atoms with Crippen LogP contribution < -0.4 is 4.90 Å². The number of benzene rings is 1. The van der Waals surface area contributed by atoms with Crippen molar-refractivity contribution >= 4 is 17.7 Å². The first kappa shape index (κ1) is 20.0. The molecule has 0 aliphatic carbocycles. The van der Waals surface area contributed by atoms with E-state index in [0.717, 1.165) is 57.5 Å². The Hall–Kier alpha value is -2.34. The molecule has 1 aromatic rings. The van der Waals surface area contributed by atoms with Crippen molar-refractivity contribution in [3.05, 3.63) is 42.0 Å². The summed E-state index contributed by atoms with van der Waals surface area (Å²) in [6.45, 7) is 9.46. The van der Waals surface area contributed by atoms with Gasteiger partial charge in [0.05, 0.1) is 6.42 Å². The molecule has 0 bridgehead atoms. The summed E-state index contributed by atoms with van der Waals surface area (Å²) in [5.41, 5.74) is 3.50. The molecular weight excluding hydrogens is 366 g/mol. The Kier molecular flexibility index (Phi) is 5.90. The molecule has 2 saturated heterocycles. The van der Waals surface area contributed by atoms with Gasteiger partial charge in [0.1, 0.15) is 6.61 Å². The monoisotopic (exact) mass is 397 g/mol. The summed E-state index contributed by atoms with van der Waals surface area (Å²) in [7, 11) is 0. The zero-order chi connectivity index (χ0) is 20.4. The minimum Gasteiger partial charge on any atom is -0.445 e. The molecule has 3 heterocycles. The molecule has 156 valence electrons. The normalized spacial score (nSPS) is 21.3. The quantitative estimate of drug-likeness (QED) is 0.733. The molecule has 0 unspecified atom stereocenters. The highest BCUT2D eigenvalue weighted by atomic mass is 16.6. The minimum atomic E-state index is -0.233. The Balaban J connectivity index is 1.30. The number of likely N-dealkylation sites (tertiary alicyclic amines) is 2. The van der Waals surface area contributed by atoms with Crippen molar-refractivity contribution in [1.82, 2.24) is 9.80 Å². The number of fused-ring (bicyclic) bond motifs is 1. The van der Waals surface area contributed by atoms with Crippen LogP contribution in [0.2, 0.25) is 0 Å². The first-order chi connectivity index (χ1) is 14.1. The molecular formula is C23H31N3O3. The van der Waals surface area contributed by atoms with Crippen LogP contribution in [0.25, 0.3) is 0 Å². The van der Waals surface area contributed by atoms with E-state index >= 15 is 0 Å². The lowest BCUT2D eigenvalue weighted by Gasteiger charge is -2.43. The van der Waals surface area contributed by atoms with Crippen LogP contribution in [-0.2, 0) is 16.0 Å². The summed E-state index contributed by atoms with van der Waals surface area (Å²) >= 11 is 0. The number of nitrogens with zero attached hydrogens (tertiary/aromatic N) is 3. The van der Waals surface area contributed by atoms with E-state index in [1.807, 2.05) is 0 Å². The first-order valence-electron chi connectivity index (χ1n) is 10.7. The lowest BCUT2D eigenvalue weighted by Crippen LogP contribution is -2.52. The van der Waals surface area contributed by atoms with E-state index in [-0.39, 0.29) is 18.6 Å². The number of carbonyl (C=O) groups excluding carboxylic acids is 2. The fourth-order valence-electron chi connectivity index (χ4n) is 4.97. The largest absolute Gasteiger partial charge is 0.445 e. The molecule has 3 aliphatic heterocycles. The molecule has 0 atom stereocenters. The van der Waals surface area contributed by atoms with Crippen molar-refractivity contribution in [2.75, 3.05) is 37.7 Å². The summed E-state index contributed by atoms with van der Waals surface area (Å²) in [5.74, 6) is 0.246. The molecule has 0 N–H and O–H groups in total. The Bertz CT molecular complexity index is 778. The van der Waals surface area contributed by atoms with Gasteiger partial charge in [-0.15, -0.1) is 0 Å².